The fraction of sp³-hybridized carbons (Fsp3) is 0.368. The number of methoxy groups -OCH3 is 2. The molecule has 6 nitrogen and oxygen atoms in total. The zero-order valence-corrected chi connectivity index (χ0v) is 15.8. The summed E-state index contributed by atoms with van der Waals surface area (Å²) in [6.07, 6.45) is 0. The summed E-state index contributed by atoms with van der Waals surface area (Å²) in [6, 6.07) is 9.03. The molecule has 0 N–H and O–H groups in total. The number of para-hydroxylation sites is 1. The predicted molar refractivity (Wildman–Crippen MR) is 101 cm³/mol. The van der Waals surface area contributed by atoms with Gasteiger partial charge in [-0.05, 0) is 23.6 Å². The van der Waals surface area contributed by atoms with Gasteiger partial charge in [0.15, 0.2) is 17.3 Å². The number of thiophene rings is 1. The Morgan fingerprint density at radius 3 is 2.42 bits per heavy atom. The number of ketones is 1. The monoisotopic (exact) mass is 374 g/mol. The van der Waals surface area contributed by atoms with E-state index in [0.29, 0.717) is 49.8 Å². The van der Waals surface area contributed by atoms with Crippen molar-refractivity contribution in [3.8, 4) is 11.5 Å². The first-order valence-electron chi connectivity index (χ1n) is 8.43. The Hall–Kier alpha value is -2.38. The van der Waals surface area contributed by atoms with Gasteiger partial charge in [-0.1, -0.05) is 12.1 Å². The minimum Gasteiger partial charge on any atom is -0.493 e. The summed E-state index contributed by atoms with van der Waals surface area (Å²) in [6.45, 7) is 2.91. The number of benzene rings is 1. The molecule has 0 aliphatic carbocycles. The van der Waals surface area contributed by atoms with E-state index in [9.17, 15) is 9.59 Å². The molecule has 1 aromatic carbocycles. The number of hydrogen-bond acceptors (Lipinski definition) is 6. The van der Waals surface area contributed by atoms with E-state index in [0.717, 1.165) is 4.88 Å². The highest BCUT2D eigenvalue weighted by Gasteiger charge is 2.26. The molecule has 1 saturated heterocycles. The van der Waals surface area contributed by atoms with E-state index in [2.05, 4.69) is 4.90 Å². The number of carbonyl (C=O) groups excluding carboxylic acids is 2. The van der Waals surface area contributed by atoms with Crippen LogP contribution in [0.4, 0.5) is 0 Å². The number of hydrogen-bond donors (Lipinski definition) is 0. The van der Waals surface area contributed by atoms with Crippen LogP contribution in [0, 0.1) is 0 Å². The van der Waals surface area contributed by atoms with Crippen LogP contribution >= 0.6 is 11.3 Å². The summed E-state index contributed by atoms with van der Waals surface area (Å²) in [5.74, 6) is 1.05. The molecule has 0 bridgehead atoms. The molecule has 1 fully saturated rings. The second-order valence-corrected chi connectivity index (χ2v) is 6.96. The minimum absolute atomic E-state index is 0.0787. The summed E-state index contributed by atoms with van der Waals surface area (Å²) >= 11 is 1.46. The highest BCUT2D eigenvalue weighted by molar-refractivity contribution is 7.12. The van der Waals surface area contributed by atoms with Gasteiger partial charge >= 0.3 is 0 Å². The van der Waals surface area contributed by atoms with Crippen LogP contribution in [0.2, 0.25) is 0 Å². The molecular weight excluding hydrogens is 352 g/mol. The molecule has 1 aliphatic rings. The summed E-state index contributed by atoms with van der Waals surface area (Å²) < 4.78 is 10.6. The molecule has 0 spiro atoms. The van der Waals surface area contributed by atoms with Crippen molar-refractivity contribution in [2.24, 2.45) is 0 Å². The average Bonchev–Trinajstić information content (AvgIpc) is 3.22. The van der Waals surface area contributed by atoms with E-state index < -0.39 is 0 Å². The summed E-state index contributed by atoms with van der Waals surface area (Å²) in [5, 5.41) is 1.91. The summed E-state index contributed by atoms with van der Waals surface area (Å²) in [5.41, 5.74) is 0.495. The van der Waals surface area contributed by atoms with Crippen LogP contribution in [0.3, 0.4) is 0 Å². The van der Waals surface area contributed by atoms with Gasteiger partial charge in [0.25, 0.3) is 5.91 Å². The number of amides is 1. The van der Waals surface area contributed by atoms with Gasteiger partial charge in [0, 0.05) is 26.2 Å². The molecule has 0 atom stereocenters. The van der Waals surface area contributed by atoms with Gasteiger partial charge < -0.3 is 14.4 Å². The maximum Gasteiger partial charge on any atom is 0.257 e. The van der Waals surface area contributed by atoms with Gasteiger partial charge in [0.05, 0.1) is 31.2 Å². The maximum absolute atomic E-state index is 12.9. The van der Waals surface area contributed by atoms with Crippen LogP contribution in [-0.2, 0) is 0 Å². The molecule has 2 heterocycles. The predicted octanol–water partition coefficient (Wildman–Crippen LogP) is 2.41. The number of nitrogens with zero attached hydrogens (tertiary/aromatic N) is 2. The number of rotatable bonds is 6. The second kappa shape index (κ2) is 8.33. The fourth-order valence-electron chi connectivity index (χ4n) is 3.05. The van der Waals surface area contributed by atoms with Crippen LogP contribution in [0.25, 0.3) is 0 Å². The first kappa shape index (κ1) is 18.4. The molecule has 138 valence electrons. The Kier molecular flexibility index (Phi) is 5.90. The van der Waals surface area contributed by atoms with Gasteiger partial charge in [-0.15, -0.1) is 11.3 Å². The second-order valence-electron chi connectivity index (χ2n) is 6.01. The van der Waals surface area contributed by atoms with Crippen molar-refractivity contribution in [2.45, 2.75) is 0 Å². The molecule has 26 heavy (non-hydrogen) atoms. The Balaban J connectivity index is 1.61. The van der Waals surface area contributed by atoms with Crippen LogP contribution < -0.4 is 9.47 Å². The molecule has 1 amide bonds. The van der Waals surface area contributed by atoms with Crippen molar-refractivity contribution >= 4 is 23.0 Å². The molecule has 0 unspecified atom stereocenters. The SMILES string of the molecule is COc1cccc(C(=O)N2CCN(CC(=O)c3cccs3)CC2)c1OC. The highest BCUT2D eigenvalue weighted by Crippen LogP contribution is 2.31. The van der Waals surface area contributed by atoms with Crippen LogP contribution in [-0.4, -0.2) is 68.4 Å². The van der Waals surface area contributed by atoms with Gasteiger partial charge in [-0.2, -0.15) is 0 Å². The van der Waals surface area contributed by atoms with Gasteiger partial charge in [0.1, 0.15) is 0 Å². The third kappa shape index (κ3) is 3.89. The van der Waals surface area contributed by atoms with E-state index in [1.165, 1.54) is 18.4 Å². The summed E-state index contributed by atoms with van der Waals surface area (Å²) in [4.78, 5) is 29.8. The largest absolute Gasteiger partial charge is 0.493 e. The third-order valence-corrected chi connectivity index (χ3v) is 5.37. The molecule has 1 aliphatic heterocycles. The average molecular weight is 374 g/mol. The number of Topliss-reactive ketones (excluding diaryl/α,β-unsaturated/α-hetero) is 1. The fourth-order valence-corrected chi connectivity index (χ4v) is 3.71. The van der Waals surface area contributed by atoms with Crippen LogP contribution in [0.15, 0.2) is 35.7 Å². The lowest BCUT2D eigenvalue weighted by Gasteiger charge is -2.34. The number of ether oxygens (including phenoxy) is 2. The molecule has 0 radical (unpaired) electrons. The number of carbonyl (C=O) groups is 2. The standard InChI is InChI=1S/C19H22N2O4S/c1-24-16-6-3-5-14(18(16)25-2)19(23)21-10-8-20(9-11-21)13-15(22)17-7-4-12-26-17/h3-7,12H,8-11,13H2,1-2H3. The van der Waals surface area contributed by atoms with E-state index in [1.807, 2.05) is 17.5 Å². The Labute approximate surface area is 156 Å². The Morgan fingerprint density at radius 2 is 1.81 bits per heavy atom. The van der Waals surface area contributed by atoms with Crippen molar-refractivity contribution in [3.05, 3.63) is 46.2 Å². The lowest BCUT2D eigenvalue weighted by Crippen LogP contribution is -2.49. The molecule has 7 heteroatoms. The lowest BCUT2D eigenvalue weighted by atomic mass is 10.1. The molecular formula is C19H22N2O4S. The summed E-state index contributed by atoms with van der Waals surface area (Å²) in [7, 11) is 3.08. The zero-order valence-electron chi connectivity index (χ0n) is 14.9. The maximum atomic E-state index is 12.9. The molecule has 3 rings (SSSR count). The third-order valence-electron chi connectivity index (χ3n) is 4.46. The van der Waals surface area contributed by atoms with Crippen molar-refractivity contribution in [1.82, 2.24) is 9.80 Å². The molecule has 2 aromatic rings. The van der Waals surface area contributed by atoms with Crippen molar-refractivity contribution in [3.63, 3.8) is 0 Å². The topological polar surface area (TPSA) is 59.1 Å². The van der Waals surface area contributed by atoms with Crippen molar-refractivity contribution in [1.29, 1.82) is 0 Å². The first-order chi connectivity index (χ1) is 12.6. The van der Waals surface area contributed by atoms with Crippen molar-refractivity contribution in [2.75, 3.05) is 46.9 Å². The Morgan fingerprint density at radius 1 is 1.04 bits per heavy atom. The molecule has 0 saturated carbocycles. The van der Waals surface area contributed by atoms with E-state index in [4.69, 9.17) is 9.47 Å². The van der Waals surface area contributed by atoms with Gasteiger partial charge in [-0.3, -0.25) is 14.5 Å². The van der Waals surface area contributed by atoms with Crippen molar-refractivity contribution < 1.29 is 19.1 Å². The lowest BCUT2D eigenvalue weighted by molar-refractivity contribution is 0.0621. The van der Waals surface area contributed by atoms with Gasteiger partial charge in [-0.25, -0.2) is 0 Å². The first-order valence-corrected chi connectivity index (χ1v) is 9.31. The highest BCUT2D eigenvalue weighted by atomic mass is 32.1. The van der Waals surface area contributed by atoms with Crippen LogP contribution in [0.5, 0.6) is 11.5 Å². The van der Waals surface area contributed by atoms with E-state index in [1.54, 1.807) is 30.2 Å². The quantitative estimate of drug-likeness (QED) is 0.727. The minimum atomic E-state index is -0.0787. The van der Waals surface area contributed by atoms with Crippen LogP contribution in [0.1, 0.15) is 20.0 Å². The Bertz CT molecular complexity index is 768. The number of piperazine rings is 1. The van der Waals surface area contributed by atoms with E-state index in [-0.39, 0.29) is 11.7 Å². The smallest absolute Gasteiger partial charge is 0.257 e. The van der Waals surface area contributed by atoms with Gasteiger partial charge in [0.2, 0.25) is 0 Å². The zero-order chi connectivity index (χ0) is 18.5. The molecule has 1 aromatic heterocycles. The van der Waals surface area contributed by atoms with E-state index >= 15 is 0 Å². The normalized spacial score (nSPS) is 14.9.